The Kier molecular flexibility index (Phi) is 6.07. The molecular weight excluding hydrogens is 457 g/mol. The number of anilines is 1. The first-order chi connectivity index (χ1) is 15.3. The van der Waals surface area contributed by atoms with Crippen molar-refractivity contribution in [1.29, 1.82) is 0 Å². The highest BCUT2D eigenvalue weighted by Crippen LogP contribution is 2.30. The van der Waals surface area contributed by atoms with E-state index < -0.39 is 36.9 Å². The van der Waals surface area contributed by atoms with Crippen LogP contribution in [0.5, 0.6) is 5.75 Å². The maximum atomic E-state index is 13.1. The number of nitrogens with one attached hydrogen (secondary N) is 2. The summed E-state index contributed by atoms with van der Waals surface area (Å²) in [5.41, 5.74) is 7.98. The van der Waals surface area contributed by atoms with Crippen molar-refractivity contribution in [2.75, 3.05) is 5.73 Å². The molecule has 4 rings (SSSR count). The number of carbonyl (C=O) groups excluding carboxylic acids is 2. The van der Waals surface area contributed by atoms with E-state index in [2.05, 4.69) is 20.6 Å². The number of hydrogen-bond donors (Lipinski definition) is 5. The molecule has 2 aromatic heterocycles. The Bertz CT molecular complexity index is 1170. The number of rotatable bonds is 6. The summed E-state index contributed by atoms with van der Waals surface area (Å²) >= 11 is 2.34. The predicted molar refractivity (Wildman–Crippen MR) is 116 cm³/mol. The number of carboxylic acid groups (broad SMARTS) is 1. The summed E-state index contributed by atoms with van der Waals surface area (Å²) in [5.74, 6) is -3.26. The summed E-state index contributed by atoms with van der Waals surface area (Å²) < 4.78 is 5.40. The Labute approximate surface area is 189 Å². The van der Waals surface area contributed by atoms with E-state index in [4.69, 9.17) is 10.4 Å². The van der Waals surface area contributed by atoms with Crippen molar-refractivity contribution >= 4 is 52.7 Å². The number of carboxylic acids is 1. The number of nitrogen functional groups attached to an aromatic ring is 1. The molecule has 0 saturated heterocycles. The number of carbonyl (C=O) groups is 3. The second kappa shape index (κ2) is 8.94. The van der Waals surface area contributed by atoms with Crippen molar-refractivity contribution in [1.82, 2.24) is 20.6 Å². The molecule has 0 spiro atoms. The minimum Gasteiger partial charge on any atom is -0.534 e. The van der Waals surface area contributed by atoms with Gasteiger partial charge in [-0.3, -0.25) is 9.59 Å². The molecule has 1 aliphatic heterocycles. The Balaban J connectivity index is 1.55. The Hall–Kier alpha value is -3.49. The highest BCUT2D eigenvalue weighted by Gasteiger charge is 2.39. The van der Waals surface area contributed by atoms with E-state index >= 15 is 0 Å². The third-order valence-corrected chi connectivity index (χ3v) is 5.99. The van der Waals surface area contributed by atoms with Crippen LogP contribution in [0.3, 0.4) is 0 Å². The van der Waals surface area contributed by atoms with E-state index in [1.807, 2.05) is 0 Å². The lowest BCUT2D eigenvalue weighted by molar-refractivity contribution is -0.123. The van der Waals surface area contributed by atoms with Gasteiger partial charge in [-0.1, -0.05) is 12.1 Å². The van der Waals surface area contributed by atoms with Gasteiger partial charge in [-0.2, -0.15) is 0 Å². The summed E-state index contributed by atoms with van der Waals surface area (Å²) in [6.45, 7) is 0. The molecule has 0 fully saturated rings. The molecule has 6 N–H and O–H groups in total. The Morgan fingerprint density at radius 1 is 1.31 bits per heavy atom. The number of nitrogens with zero attached hydrogens (tertiary/aromatic N) is 2. The van der Waals surface area contributed by atoms with Gasteiger partial charge in [0.1, 0.15) is 11.4 Å². The zero-order valence-electron chi connectivity index (χ0n) is 16.2. The molecule has 2 atom stereocenters. The van der Waals surface area contributed by atoms with Gasteiger partial charge in [-0.15, -0.1) is 22.7 Å². The molecular formula is C18H16BN5O6S2. The van der Waals surface area contributed by atoms with Gasteiger partial charge in [-0.05, 0) is 18.1 Å². The van der Waals surface area contributed by atoms with E-state index in [1.54, 1.807) is 17.5 Å². The van der Waals surface area contributed by atoms with Crippen LogP contribution >= 0.6 is 22.7 Å². The number of nitrogens with two attached hydrogens (primary N) is 1. The smallest absolute Gasteiger partial charge is 0.534 e. The van der Waals surface area contributed by atoms with E-state index in [0.29, 0.717) is 5.56 Å². The molecule has 0 radical (unpaired) electrons. The lowest BCUT2D eigenvalue weighted by Gasteiger charge is -2.30. The van der Waals surface area contributed by atoms with Crippen LogP contribution in [-0.2, 0) is 11.2 Å². The molecule has 32 heavy (non-hydrogen) atoms. The van der Waals surface area contributed by atoms with Crippen LogP contribution in [0.25, 0.3) is 0 Å². The molecule has 11 nitrogen and oxygen atoms in total. The monoisotopic (exact) mass is 473 g/mol. The number of hydrogen-bond acceptors (Lipinski definition) is 10. The minimum atomic E-state index is -1.50. The topological polar surface area (TPSA) is 177 Å². The van der Waals surface area contributed by atoms with Gasteiger partial charge in [0.15, 0.2) is 11.2 Å². The molecule has 2 amide bonds. The molecule has 3 heterocycles. The second-order valence-corrected chi connectivity index (χ2v) is 8.43. The highest BCUT2D eigenvalue weighted by molar-refractivity contribution is 7.13. The normalized spacial score (nSPS) is 15.9. The fraction of sp³-hybridized carbons (Fsp3) is 0.167. The molecule has 0 aliphatic carbocycles. The van der Waals surface area contributed by atoms with E-state index in [9.17, 15) is 24.5 Å². The third kappa shape index (κ3) is 4.42. The van der Waals surface area contributed by atoms with Crippen LogP contribution in [0, 0.1) is 0 Å². The summed E-state index contributed by atoms with van der Waals surface area (Å²) in [7, 11) is -1.50. The average Bonchev–Trinajstić information content (AvgIpc) is 3.44. The number of aromatic carboxylic acids is 1. The van der Waals surface area contributed by atoms with Crippen LogP contribution < -0.4 is 21.0 Å². The standard InChI is InChI=1S/C18H16BN5O6S2/c20-18-22-10(6-32-18)13(24-15(25)11-5-31-7-21-11)16(26)23-12-4-8-2-1-3-9(17(27)28)14(8)30-19(12)29/h1-3,5-7,12-13,29H,4H2,(H2,20,22)(H,23,26)(H,24,25)(H,27,28)/t12-,13?/m0/s1. The fourth-order valence-electron chi connectivity index (χ4n) is 3.22. The first-order valence-corrected chi connectivity index (χ1v) is 11.1. The minimum absolute atomic E-state index is 0.0543. The fourth-order valence-corrected chi connectivity index (χ4v) is 4.34. The first kappa shape index (κ1) is 21.7. The number of thiazole rings is 2. The zero-order chi connectivity index (χ0) is 22.8. The predicted octanol–water partition coefficient (Wildman–Crippen LogP) is 0.491. The van der Waals surface area contributed by atoms with Gasteiger partial charge in [-0.25, -0.2) is 14.8 Å². The van der Waals surface area contributed by atoms with E-state index in [-0.39, 0.29) is 34.3 Å². The van der Waals surface area contributed by atoms with Crippen LogP contribution in [0.1, 0.15) is 38.1 Å². The second-order valence-electron chi connectivity index (χ2n) is 6.82. The molecule has 3 aromatic rings. The van der Waals surface area contributed by atoms with Gasteiger partial charge in [0.05, 0.1) is 22.7 Å². The molecule has 14 heteroatoms. The third-order valence-electron chi connectivity index (χ3n) is 4.72. The lowest BCUT2D eigenvalue weighted by Crippen LogP contribution is -2.55. The first-order valence-electron chi connectivity index (χ1n) is 9.23. The van der Waals surface area contributed by atoms with E-state index in [0.717, 1.165) is 11.3 Å². The highest BCUT2D eigenvalue weighted by atomic mass is 32.1. The van der Waals surface area contributed by atoms with Gasteiger partial charge in [0, 0.05) is 10.8 Å². The van der Waals surface area contributed by atoms with Crippen molar-refractivity contribution < 1.29 is 29.2 Å². The Morgan fingerprint density at radius 2 is 2.12 bits per heavy atom. The number of fused-ring (bicyclic) bond motifs is 1. The largest absolute Gasteiger partial charge is 0.547 e. The average molecular weight is 473 g/mol. The maximum Gasteiger partial charge on any atom is 0.547 e. The molecule has 1 aromatic carbocycles. The maximum absolute atomic E-state index is 13.1. The van der Waals surface area contributed by atoms with Crippen LogP contribution in [-0.4, -0.2) is 50.9 Å². The van der Waals surface area contributed by atoms with Crippen LogP contribution in [0.2, 0.25) is 0 Å². The van der Waals surface area contributed by atoms with Gasteiger partial charge in [0.2, 0.25) is 5.91 Å². The van der Waals surface area contributed by atoms with Gasteiger partial charge in [0.25, 0.3) is 5.91 Å². The summed E-state index contributed by atoms with van der Waals surface area (Å²) in [4.78, 5) is 45.0. The van der Waals surface area contributed by atoms with Crippen molar-refractivity contribution in [2.24, 2.45) is 0 Å². The number of aromatic nitrogens is 2. The molecule has 1 unspecified atom stereocenters. The van der Waals surface area contributed by atoms with Crippen molar-refractivity contribution in [3.05, 3.63) is 57.0 Å². The summed E-state index contributed by atoms with van der Waals surface area (Å²) in [6, 6.07) is 3.37. The summed E-state index contributed by atoms with van der Waals surface area (Å²) in [5, 5.41) is 28.2. The Morgan fingerprint density at radius 3 is 2.78 bits per heavy atom. The zero-order valence-corrected chi connectivity index (χ0v) is 17.9. The van der Waals surface area contributed by atoms with Crippen molar-refractivity contribution in [3.8, 4) is 5.75 Å². The number of amides is 2. The van der Waals surface area contributed by atoms with E-state index in [1.165, 1.54) is 28.3 Å². The number of para-hydroxylation sites is 1. The van der Waals surface area contributed by atoms with Gasteiger partial charge >= 0.3 is 13.1 Å². The van der Waals surface area contributed by atoms with Gasteiger partial charge < -0.3 is 31.2 Å². The molecule has 1 aliphatic rings. The summed E-state index contributed by atoms with van der Waals surface area (Å²) in [6.07, 6.45) is 0.120. The molecule has 164 valence electrons. The number of benzene rings is 1. The van der Waals surface area contributed by atoms with Crippen LogP contribution in [0.4, 0.5) is 5.13 Å². The van der Waals surface area contributed by atoms with Crippen LogP contribution in [0.15, 0.2) is 34.5 Å². The molecule has 0 saturated carbocycles. The SMILES string of the molecule is Nc1nc(C(NC(=O)c2cscn2)C(=O)N[C@H]2Cc3cccc(C(=O)O)c3OB2O)cs1. The quantitative estimate of drug-likeness (QED) is 0.319. The molecule has 0 bridgehead atoms. The lowest BCUT2D eigenvalue weighted by atomic mass is 9.72. The van der Waals surface area contributed by atoms with Crippen molar-refractivity contribution in [3.63, 3.8) is 0 Å². The van der Waals surface area contributed by atoms with Crippen molar-refractivity contribution in [2.45, 2.75) is 18.4 Å².